The molecule has 0 amide bonds. The number of pyridine rings is 1. The van der Waals surface area contributed by atoms with Crippen molar-refractivity contribution in [2.75, 3.05) is 32.8 Å². The lowest BCUT2D eigenvalue weighted by Crippen LogP contribution is -2.45. The molecule has 2 aromatic rings. The number of esters is 1. The SMILES string of the molecule is Cc1ccc2nc(C)c(C(=O)OCC3CN(CC(C)C)CCO3)cc2c1. The summed E-state index contributed by atoms with van der Waals surface area (Å²) in [7, 11) is 0. The van der Waals surface area contributed by atoms with Crippen LogP contribution in [0.25, 0.3) is 10.9 Å². The van der Waals surface area contributed by atoms with Crippen LogP contribution in [0.3, 0.4) is 0 Å². The number of carbonyl (C=O) groups is 1. The molecule has 1 fully saturated rings. The molecular formula is C21H28N2O3. The summed E-state index contributed by atoms with van der Waals surface area (Å²) in [6, 6.07) is 7.91. The molecule has 0 N–H and O–H groups in total. The maximum atomic E-state index is 12.6. The van der Waals surface area contributed by atoms with E-state index in [4.69, 9.17) is 9.47 Å². The van der Waals surface area contributed by atoms with Gasteiger partial charge in [-0.25, -0.2) is 4.79 Å². The molecule has 2 heterocycles. The van der Waals surface area contributed by atoms with Crippen molar-refractivity contribution >= 4 is 16.9 Å². The molecule has 5 heteroatoms. The first-order valence-corrected chi connectivity index (χ1v) is 9.31. The van der Waals surface area contributed by atoms with Gasteiger partial charge in [0.2, 0.25) is 0 Å². The fraction of sp³-hybridized carbons (Fsp3) is 0.524. The van der Waals surface area contributed by atoms with Gasteiger partial charge < -0.3 is 9.47 Å². The molecule has 1 unspecified atom stereocenters. The second-order valence-electron chi connectivity index (χ2n) is 7.56. The van der Waals surface area contributed by atoms with Gasteiger partial charge in [0, 0.05) is 25.0 Å². The molecule has 1 aliphatic heterocycles. The number of nitrogens with zero attached hydrogens (tertiary/aromatic N) is 2. The van der Waals surface area contributed by atoms with Gasteiger partial charge in [-0.1, -0.05) is 25.5 Å². The molecule has 26 heavy (non-hydrogen) atoms. The van der Waals surface area contributed by atoms with Crippen molar-refractivity contribution < 1.29 is 14.3 Å². The van der Waals surface area contributed by atoms with E-state index in [1.54, 1.807) is 0 Å². The second kappa shape index (κ2) is 8.14. The third kappa shape index (κ3) is 4.59. The molecule has 0 bridgehead atoms. The number of hydrogen-bond donors (Lipinski definition) is 0. The van der Waals surface area contributed by atoms with Gasteiger partial charge in [-0.05, 0) is 38.0 Å². The predicted octanol–water partition coefficient (Wildman–Crippen LogP) is 3.37. The van der Waals surface area contributed by atoms with E-state index < -0.39 is 0 Å². The summed E-state index contributed by atoms with van der Waals surface area (Å²) in [5.41, 5.74) is 3.25. The zero-order valence-electron chi connectivity index (χ0n) is 16.1. The number of morpholine rings is 1. The topological polar surface area (TPSA) is 51.7 Å². The van der Waals surface area contributed by atoms with Crippen LogP contribution < -0.4 is 0 Å². The van der Waals surface area contributed by atoms with Crippen LogP contribution in [0.15, 0.2) is 24.3 Å². The molecule has 1 atom stereocenters. The Morgan fingerprint density at radius 2 is 2.15 bits per heavy atom. The Bertz CT molecular complexity index is 788. The molecule has 0 saturated carbocycles. The standard InChI is InChI=1S/C21H28N2O3/c1-14(2)11-23-7-8-25-18(12-23)13-26-21(24)19-10-17-9-15(3)5-6-20(17)22-16(19)4/h5-6,9-10,14,18H,7-8,11-13H2,1-4H3. The molecule has 3 rings (SSSR count). The maximum absolute atomic E-state index is 12.6. The lowest BCUT2D eigenvalue weighted by atomic mass is 10.1. The predicted molar refractivity (Wildman–Crippen MR) is 103 cm³/mol. The smallest absolute Gasteiger partial charge is 0.340 e. The molecule has 0 spiro atoms. The van der Waals surface area contributed by atoms with Crippen molar-refractivity contribution in [3.63, 3.8) is 0 Å². The highest BCUT2D eigenvalue weighted by Crippen LogP contribution is 2.19. The van der Waals surface area contributed by atoms with E-state index in [9.17, 15) is 4.79 Å². The minimum atomic E-state index is -0.331. The monoisotopic (exact) mass is 356 g/mol. The Morgan fingerprint density at radius 1 is 1.35 bits per heavy atom. The van der Waals surface area contributed by atoms with Crippen LogP contribution in [0.1, 0.15) is 35.5 Å². The average Bonchev–Trinajstić information content (AvgIpc) is 2.59. The maximum Gasteiger partial charge on any atom is 0.340 e. The van der Waals surface area contributed by atoms with Crippen molar-refractivity contribution in [1.29, 1.82) is 0 Å². The van der Waals surface area contributed by atoms with Crippen LogP contribution in [0.2, 0.25) is 0 Å². The van der Waals surface area contributed by atoms with Crippen molar-refractivity contribution in [3.05, 3.63) is 41.1 Å². The van der Waals surface area contributed by atoms with Crippen molar-refractivity contribution in [3.8, 4) is 0 Å². The summed E-state index contributed by atoms with van der Waals surface area (Å²) < 4.78 is 11.3. The van der Waals surface area contributed by atoms with Crippen molar-refractivity contribution in [1.82, 2.24) is 9.88 Å². The van der Waals surface area contributed by atoms with E-state index in [-0.39, 0.29) is 18.7 Å². The molecule has 0 aliphatic carbocycles. The zero-order valence-corrected chi connectivity index (χ0v) is 16.1. The molecule has 5 nitrogen and oxygen atoms in total. The normalized spacial score (nSPS) is 18.4. The van der Waals surface area contributed by atoms with Gasteiger partial charge in [-0.2, -0.15) is 0 Å². The van der Waals surface area contributed by atoms with Crippen LogP contribution in [0.5, 0.6) is 0 Å². The molecule has 1 aromatic heterocycles. The zero-order chi connectivity index (χ0) is 18.7. The molecule has 1 aliphatic rings. The van der Waals surface area contributed by atoms with Crippen LogP contribution in [0, 0.1) is 19.8 Å². The largest absolute Gasteiger partial charge is 0.459 e. The molecule has 1 saturated heterocycles. The van der Waals surface area contributed by atoms with Gasteiger partial charge in [0.25, 0.3) is 0 Å². The van der Waals surface area contributed by atoms with Gasteiger partial charge in [0.15, 0.2) is 0 Å². The van der Waals surface area contributed by atoms with Gasteiger partial charge >= 0.3 is 5.97 Å². The minimum absolute atomic E-state index is 0.0672. The lowest BCUT2D eigenvalue weighted by Gasteiger charge is -2.33. The third-order valence-electron chi connectivity index (χ3n) is 4.63. The number of hydrogen-bond acceptors (Lipinski definition) is 5. The summed E-state index contributed by atoms with van der Waals surface area (Å²) in [5.74, 6) is 0.286. The Hall–Kier alpha value is -1.98. The highest BCUT2D eigenvalue weighted by atomic mass is 16.6. The minimum Gasteiger partial charge on any atom is -0.459 e. The van der Waals surface area contributed by atoms with E-state index in [1.165, 1.54) is 0 Å². The first-order valence-electron chi connectivity index (χ1n) is 9.31. The summed E-state index contributed by atoms with van der Waals surface area (Å²) in [6.45, 7) is 12.0. The summed E-state index contributed by atoms with van der Waals surface area (Å²) in [4.78, 5) is 19.5. The summed E-state index contributed by atoms with van der Waals surface area (Å²) in [6.07, 6.45) is -0.0672. The Morgan fingerprint density at radius 3 is 2.92 bits per heavy atom. The quantitative estimate of drug-likeness (QED) is 0.769. The molecule has 1 aromatic carbocycles. The van der Waals surface area contributed by atoms with Crippen LogP contribution >= 0.6 is 0 Å². The first-order chi connectivity index (χ1) is 12.4. The highest BCUT2D eigenvalue weighted by molar-refractivity contribution is 5.95. The summed E-state index contributed by atoms with van der Waals surface area (Å²) in [5, 5.41) is 0.958. The Balaban J connectivity index is 1.64. The highest BCUT2D eigenvalue weighted by Gasteiger charge is 2.23. The number of carbonyl (C=O) groups excluding carboxylic acids is 1. The molecule has 140 valence electrons. The van der Waals surface area contributed by atoms with E-state index in [0.29, 0.717) is 23.8 Å². The number of benzene rings is 1. The van der Waals surface area contributed by atoms with Gasteiger partial charge in [-0.3, -0.25) is 9.88 Å². The lowest BCUT2D eigenvalue weighted by molar-refractivity contribution is -0.0612. The Kier molecular flexibility index (Phi) is 5.89. The van der Waals surface area contributed by atoms with Crippen molar-refractivity contribution in [2.24, 2.45) is 5.92 Å². The fourth-order valence-corrected chi connectivity index (χ4v) is 3.41. The number of fused-ring (bicyclic) bond motifs is 1. The number of aryl methyl sites for hydroxylation is 2. The summed E-state index contributed by atoms with van der Waals surface area (Å²) >= 11 is 0. The van der Waals surface area contributed by atoms with Gasteiger partial charge in [-0.15, -0.1) is 0 Å². The van der Waals surface area contributed by atoms with Crippen LogP contribution in [-0.2, 0) is 9.47 Å². The van der Waals surface area contributed by atoms with Crippen LogP contribution in [0.4, 0.5) is 0 Å². The third-order valence-corrected chi connectivity index (χ3v) is 4.63. The number of ether oxygens (including phenoxy) is 2. The van der Waals surface area contributed by atoms with Gasteiger partial charge in [0.05, 0.1) is 23.4 Å². The van der Waals surface area contributed by atoms with E-state index in [2.05, 4.69) is 23.7 Å². The molecular weight excluding hydrogens is 328 g/mol. The second-order valence-corrected chi connectivity index (χ2v) is 7.56. The van der Waals surface area contributed by atoms with E-state index in [1.807, 2.05) is 38.1 Å². The average molecular weight is 356 g/mol. The first kappa shape index (κ1) is 18.8. The van der Waals surface area contributed by atoms with Crippen LogP contribution in [-0.4, -0.2) is 54.8 Å². The number of rotatable bonds is 5. The Labute approximate surface area is 155 Å². The van der Waals surface area contributed by atoms with E-state index in [0.717, 1.165) is 36.1 Å². The van der Waals surface area contributed by atoms with Crippen molar-refractivity contribution in [2.45, 2.75) is 33.8 Å². The number of aromatic nitrogens is 1. The van der Waals surface area contributed by atoms with Gasteiger partial charge in [0.1, 0.15) is 12.7 Å². The fourth-order valence-electron chi connectivity index (χ4n) is 3.41. The van der Waals surface area contributed by atoms with E-state index >= 15 is 0 Å². The molecule has 0 radical (unpaired) electrons.